The van der Waals surface area contributed by atoms with Gasteiger partial charge in [0.1, 0.15) is 0 Å². The zero-order valence-electron chi connectivity index (χ0n) is 10.7. The first-order valence-corrected chi connectivity index (χ1v) is 7.72. The lowest BCUT2D eigenvalue weighted by atomic mass is 10.0. The second-order valence-electron chi connectivity index (χ2n) is 4.72. The molecule has 3 heteroatoms. The van der Waals surface area contributed by atoms with E-state index in [1.165, 1.54) is 30.2 Å². The molecule has 0 heterocycles. The normalized spacial score (nSPS) is 21.8. The molecule has 1 aliphatic carbocycles. The van der Waals surface area contributed by atoms with Gasteiger partial charge in [0.25, 0.3) is 0 Å². The fourth-order valence-electron chi connectivity index (χ4n) is 2.12. The summed E-state index contributed by atoms with van der Waals surface area (Å²) in [5, 5.41) is 8.67. The van der Waals surface area contributed by atoms with Crippen LogP contribution in [0.15, 0.2) is 10.6 Å². The Balaban J connectivity index is 2.13. The maximum Gasteiger partial charge on any atom is 0.0886 e. The highest BCUT2D eigenvalue weighted by Gasteiger charge is 2.13. The lowest BCUT2D eigenvalue weighted by molar-refractivity contribution is 0.0714. The van der Waals surface area contributed by atoms with Crippen molar-refractivity contribution >= 4 is 15.9 Å². The van der Waals surface area contributed by atoms with E-state index in [4.69, 9.17) is 9.84 Å². The molecule has 1 rings (SSSR count). The van der Waals surface area contributed by atoms with Crippen molar-refractivity contribution in [2.75, 3.05) is 13.2 Å². The predicted octanol–water partition coefficient (Wildman–Crippen LogP) is 4.17. The minimum Gasteiger partial charge on any atom is -0.396 e. The summed E-state index contributed by atoms with van der Waals surface area (Å²) >= 11 is 3.64. The van der Waals surface area contributed by atoms with Crippen LogP contribution in [0.1, 0.15) is 57.8 Å². The van der Waals surface area contributed by atoms with Gasteiger partial charge in [0.15, 0.2) is 0 Å². The molecule has 1 N–H and O–H groups in total. The molecule has 1 unspecified atom stereocenters. The summed E-state index contributed by atoms with van der Waals surface area (Å²) in [4.78, 5) is 0. The number of hydrogen-bond donors (Lipinski definition) is 1. The monoisotopic (exact) mass is 304 g/mol. The fraction of sp³-hybridized carbons (Fsp3) is 0.857. The number of unbranched alkanes of at least 4 members (excludes halogenated alkanes) is 3. The van der Waals surface area contributed by atoms with Gasteiger partial charge in [-0.15, -0.1) is 0 Å². The van der Waals surface area contributed by atoms with Crippen LogP contribution in [0.5, 0.6) is 0 Å². The van der Waals surface area contributed by atoms with E-state index in [1.54, 1.807) is 0 Å². The molecule has 0 aliphatic heterocycles. The number of ether oxygens (including phenoxy) is 1. The quantitative estimate of drug-likeness (QED) is 0.715. The molecule has 0 aromatic heterocycles. The van der Waals surface area contributed by atoms with Crippen molar-refractivity contribution in [2.24, 2.45) is 0 Å². The number of allylic oxidation sites excluding steroid dienone is 1. The minimum absolute atomic E-state index is 0.285. The molecule has 2 nitrogen and oxygen atoms in total. The highest BCUT2D eigenvalue weighted by Crippen LogP contribution is 2.24. The van der Waals surface area contributed by atoms with Crippen LogP contribution >= 0.6 is 15.9 Å². The Morgan fingerprint density at radius 2 is 2.00 bits per heavy atom. The molecule has 0 spiro atoms. The van der Waals surface area contributed by atoms with Gasteiger partial charge in [-0.1, -0.05) is 47.7 Å². The Hall–Kier alpha value is 0.140. The van der Waals surface area contributed by atoms with Crippen molar-refractivity contribution < 1.29 is 9.84 Å². The minimum atomic E-state index is 0.285. The predicted molar refractivity (Wildman–Crippen MR) is 75.4 cm³/mol. The van der Waals surface area contributed by atoms with Gasteiger partial charge >= 0.3 is 0 Å². The van der Waals surface area contributed by atoms with Crippen LogP contribution in [0.25, 0.3) is 0 Å². The molecular weight excluding hydrogens is 280 g/mol. The van der Waals surface area contributed by atoms with Crippen molar-refractivity contribution in [1.29, 1.82) is 0 Å². The molecule has 0 aromatic carbocycles. The maximum absolute atomic E-state index is 8.67. The summed E-state index contributed by atoms with van der Waals surface area (Å²) in [6.45, 7) is 1.16. The second-order valence-corrected chi connectivity index (χ2v) is 5.64. The van der Waals surface area contributed by atoms with E-state index in [-0.39, 0.29) is 6.10 Å². The summed E-state index contributed by atoms with van der Waals surface area (Å²) in [6, 6.07) is 0. The maximum atomic E-state index is 8.67. The van der Waals surface area contributed by atoms with Gasteiger partial charge in [0.2, 0.25) is 0 Å². The standard InChI is InChI=1S/C14H25BrO2/c15-13-9-5-1-2-6-10-14(13)17-12-8-4-3-7-11-16/h9,14,16H,1-8,10-12H2. The molecule has 0 amide bonds. The Kier molecular flexibility index (Phi) is 9.03. The van der Waals surface area contributed by atoms with Crippen molar-refractivity contribution in [3.05, 3.63) is 10.6 Å². The Bertz CT molecular complexity index is 216. The van der Waals surface area contributed by atoms with Crippen LogP contribution in [0.4, 0.5) is 0 Å². The van der Waals surface area contributed by atoms with E-state index >= 15 is 0 Å². The van der Waals surface area contributed by atoms with Crippen LogP contribution < -0.4 is 0 Å². The first-order chi connectivity index (χ1) is 8.34. The summed E-state index contributed by atoms with van der Waals surface area (Å²) in [5.41, 5.74) is 0. The SMILES string of the molecule is OCCCCCCOC1CCCCCC=C1Br. The summed E-state index contributed by atoms with van der Waals surface area (Å²) in [6.07, 6.45) is 13.1. The van der Waals surface area contributed by atoms with E-state index in [0.29, 0.717) is 6.61 Å². The second kappa shape index (κ2) is 10.1. The van der Waals surface area contributed by atoms with Crippen LogP contribution in [0, 0.1) is 0 Å². The molecular formula is C14H25BrO2. The molecule has 0 fully saturated rings. The van der Waals surface area contributed by atoms with Gasteiger partial charge < -0.3 is 9.84 Å². The zero-order valence-corrected chi connectivity index (χ0v) is 12.3. The van der Waals surface area contributed by atoms with Crippen molar-refractivity contribution in [1.82, 2.24) is 0 Å². The van der Waals surface area contributed by atoms with Crippen molar-refractivity contribution in [2.45, 2.75) is 63.9 Å². The van der Waals surface area contributed by atoms with E-state index in [1.807, 2.05) is 0 Å². The average Bonchev–Trinajstić information content (AvgIpc) is 2.32. The highest BCUT2D eigenvalue weighted by molar-refractivity contribution is 9.11. The van der Waals surface area contributed by atoms with Gasteiger partial charge in [-0.3, -0.25) is 0 Å². The highest BCUT2D eigenvalue weighted by atomic mass is 79.9. The molecule has 100 valence electrons. The molecule has 17 heavy (non-hydrogen) atoms. The molecule has 1 aliphatic rings. The van der Waals surface area contributed by atoms with Gasteiger partial charge in [0, 0.05) is 17.7 Å². The van der Waals surface area contributed by atoms with Crippen LogP contribution in [0.3, 0.4) is 0 Å². The molecule has 0 bridgehead atoms. The first-order valence-electron chi connectivity index (χ1n) is 6.92. The molecule has 0 radical (unpaired) electrons. The third-order valence-corrected chi connectivity index (χ3v) is 4.02. The van der Waals surface area contributed by atoms with Gasteiger partial charge in [-0.2, -0.15) is 0 Å². The lowest BCUT2D eigenvalue weighted by Crippen LogP contribution is -2.15. The van der Waals surface area contributed by atoms with Crippen molar-refractivity contribution in [3.63, 3.8) is 0 Å². The largest absolute Gasteiger partial charge is 0.396 e. The van der Waals surface area contributed by atoms with Crippen LogP contribution in [0.2, 0.25) is 0 Å². The van der Waals surface area contributed by atoms with E-state index in [9.17, 15) is 0 Å². The molecule has 1 atom stereocenters. The van der Waals surface area contributed by atoms with E-state index in [2.05, 4.69) is 22.0 Å². The Morgan fingerprint density at radius 1 is 1.18 bits per heavy atom. The van der Waals surface area contributed by atoms with Gasteiger partial charge in [-0.05, 0) is 32.1 Å². The van der Waals surface area contributed by atoms with Crippen LogP contribution in [-0.2, 0) is 4.74 Å². The fourth-order valence-corrected chi connectivity index (χ4v) is 2.71. The molecule has 0 aromatic rings. The number of aliphatic hydroxyl groups is 1. The summed E-state index contributed by atoms with van der Waals surface area (Å²) in [7, 11) is 0. The van der Waals surface area contributed by atoms with Gasteiger partial charge in [-0.25, -0.2) is 0 Å². The summed E-state index contributed by atoms with van der Waals surface area (Å²) < 4.78 is 7.18. The third-order valence-electron chi connectivity index (χ3n) is 3.19. The van der Waals surface area contributed by atoms with Crippen LogP contribution in [-0.4, -0.2) is 24.4 Å². The van der Waals surface area contributed by atoms with Crippen molar-refractivity contribution in [3.8, 4) is 0 Å². The van der Waals surface area contributed by atoms with E-state index < -0.39 is 0 Å². The first kappa shape index (κ1) is 15.2. The molecule has 0 saturated heterocycles. The lowest BCUT2D eigenvalue weighted by Gasteiger charge is -2.19. The Labute approximate surface area is 114 Å². The summed E-state index contributed by atoms with van der Waals surface area (Å²) in [5.74, 6) is 0. The van der Waals surface area contributed by atoms with E-state index in [0.717, 1.165) is 38.7 Å². The topological polar surface area (TPSA) is 29.5 Å². The number of halogens is 1. The third kappa shape index (κ3) is 7.22. The average molecular weight is 305 g/mol. The smallest absolute Gasteiger partial charge is 0.0886 e. The number of hydrogen-bond acceptors (Lipinski definition) is 2. The van der Waals surface area contributed by atoms with Gasteiger partial charge in [0.05, 0.1) is 6.10 Å². The Morgan fingerprint density at radius 3 is 2.82 bits per heavy atom. The zero-order chi connectivity index (χ0) is 12.3. The number of aliphatic hydroxyl groups excluding tert-OH is 1. The molecule has 0 saturated carbocycles. The number of rotatable bonds is 7.